The van der Waals surface area contributed by atoms with Gasteiger partial charge in [-0.2, -0.15) is 0 Å². The van der Waals surface area contributed by atoms with E-state index in [4.69, 9.17) is 22.1 Å². The van der Waals surface area contributed by atoms with Crippen LogP contribution in [-0.4, -0.2) is 85.3 Å². The summed E-state index contributed by atoms with van der Waals surface area (Å²) in [5, 5.41) is 0.527. The average Bonchev–Trinajstić information content (AvgIpc) is 3.38. The van der Waals surface area contributed by atoms with Crippen LogP contribution < -0.4 is 10.5 Å². The van der Waals surface area contributed by atoms with Crippen LogP contribution in [0.25, 0.3) is 0 Å². The Balaban J connectivity index is 1.57. The molecule has 2 atom stereocenters. The molecule has 0 spiro atoms. The second-order valence-electron chi connectivity index (χ2n) is 11.3. The molecule has 2 saturated heterocycles. The minimum atomic E-state index is -0.0508. The highest BCUT2D eigenvalue weighted by atomic mass is 35.5. The van der Waals surface area contributed by atoms with Gasteiger partial charge in [0.1, 0.15) is 5.75 Å². The smallest absolute Gasteiger partial charge is 0.258 e. The van der Waals surface area contributed by atoms with Crippen molar-refractivity contribution in [1.82, 2.24) is 14.7 Å². The van der Waals surface area contributed by atoms with Crippen molar-refractivity contribution in [2.45, 2.75) is 71.4 Å². The third kappa shape index (κ3) is 8.87. The molecule has 2 fully saturated rings. The number of benzene rings is 1. The van der Waals surface area contributed by atoms with Crippen molar-refractivity contribution in [2.75, 3.05) is 46.9 Å². The molecule has 2 aliphatic rings. The summed E-state index contributed by atoms with van der Waals surface area (Å²) in [6.07, 6.45) is 10.0. The highest BCUT2D eigenvalue weighted by Gasteiger charge is 2.31. The Morgan fingerprint density at radius 2 is 1.98 bits per heavy atom. The number of hydrogen-bond acceptors (Lipinski definition) is 6. The lowest BCUT2D eigenvalue weighted by molar-refractivity contribution is 0.0676. The normalized spacial score (nSPS) is 20.0. The number of carbonyl (C=O) groups is 1. The number of nitrogens with zero attached hydrogens (tertiary/aromatic N) is 4. The lowest BCUT2D eigenvalue weighted by Crippen LogP contribution is -2.47. The molecule has 0 aliphatic carbocycles. The summed E-state index contributed by atoms with van der Waals surface area (Å²) < 4.78 is 6.16. The Hall–Kier alpha value is -2.77. The first-order chi connectivity index (χ1) is 19.1. The fourth-order valence-corrected chi connectivity index (χ4v) is 5.51. The van der Waals surface area contributed by atoms with Gasteiger partial charge in [0.15, 0.2) is 0 Å². The van der Waals surface area contributed by atoms with Gasteiger partial charge in [-0.3, -0.25) is 9.79 Å². The molecule has 1 unspecified atom stereocenters. The maximum atomic E-state index is 13.8. The van der Waals surface area contributed by atoms with E-state index in [2.05, 4.69) is 61.3 Å². The summed E-state index contributed by atoms with van der Waals surface area (Å²) in [7, 11) is 3.90. The summed E-state index contributed by atoms with van der Waals surface area (Å²) in [4.78, 5) is 24.8. The van der Waals surface area contributed by atoms with Gasteiger partial charge in [0, 0.05) is 62.7 Å². The van der Waals surface area contributed by atoms with Crippen molar-refractivity contribution in [1.29, 1.82) is 0 Å². The van der Waals surface area contributed by atoms with Crippen LogP contribution in [-0.2, 0) is 0 Å². The zero-order valence-corrected chi connectivity index (χ0v) is 25.8. The molecule has 0 radical (unpaired) electrons. The van der Waals surface area contributed by atoms with E-state index in [0.29, 0.717) is 29.5 Å². The number of rotatable bonds is 12. The van der Waals surface area contributed by atoms with Gasteiger partial charge in [0.2, 0.25) is 0 Å². The number of likely N-dealkylation sites (tertiary alicyclic amines) is 2. The Labute approximate surface area is 246 Å². The van der Waals surface area contributed by atoms with Crippen molar-refractivity contribution in [3.63, 3.8) is 0 Å². The van der Waals surface area contributed by atoms with E-state index in [1.807, 2.05) is 11.0 Å². The van der Waals surface area contributed by atoms with E-state index < -0.39 is 0 Å². The first-order valence-corrected chi connectivity index (χ1v) is 14.9. The van der Waals surface area contributed by atoms with E-state index in [-0.39, 0.29) is 18.0 Å². The predicted octanol–water partition coefficient (Wildman–Crippen LogP) is 5.91. The Bertz CT molecular complexity index is 1120. The number of piperidine rings is 1. The quantitative estimate of drug-likeness (QED) is 0.192. The van der Waals surface area contributed by atoms with Crippen molar-refractivity contribution < 1.29 is 9.53 Å². The molecule has 220 valence electrons. The lowest BCUT2D eigenvalue weighted by Gasteiger charge is -2.36. The van der Waals surface area contributed by atoms with E-state index in [1.165, 1.54) is 11.3 Å². The fourth-order valence-electron chi connectivity index (χ4n) is 5.34. The number of ether oxygens (including phenoxy) is 1. The number of allylic oxidation sites excluding steroid dienone is 3. The third-order valence-electron chi connectivity index (χ3n) is 7.73. The van der Waals surface area contributed by atoms with Crippen LogP contribution in [0.1, 0.15) is 69.7 Å². The number of amides is 1. The second kappa shape index (κ2) is 15.3. The standard InChI is InChI=1S/C32H48ClN5O2/c1-23(2)19-29(35-5)30-11-7-8-16-38(30)32(39)28-21-26(33)12-13-31(28)40-18-10-9-15-36(6)24(3)20-25(4)37-17-14-27(34)22-37/h12-13,19-21,27,30H,4,7-11,14-18,22,34H2,1-3,5-6H3/b24-20+,35-29+/t27-,30?/m0/s1. The van der Waals surface area contributed by atoms with Crippen LogP contribution in [0, 0.1) is 0 Å². The summed E-state index contributed by atoms with van der Waals surface area (Å²) in [5.74, 6) is 0.533. The predicted molar refractivity (Wildman–Crippen MR) is 167 cm³/mol. The van der Waals surface area contributed by atoms with Gasteiger partial charge in [0.05, 0.1) is 23.9 Å². The van der Waals surface area contributed by atoms with Crippen LogP contribution in [0.4, 0.5) is 0 Å². The van der Waals surface area contributed by atoms with Crippen molar-refractivity contribution in [3.8, 4) is 5.75 Å². The summed E-state index contributed by atoms with van der Waals surface area (Å²) in [6, 6.07) is 5.53. The highest BCUT2D eigenvalue weighted by molar-refractivity contribution is 6.31. The summed E-state index contributed by atoms with van der Waals surface area (Å²) in [6.45, 7) is 14.4. The van der Waals surface area contributed by atoms with Gasteiger partial charge in [-0.05, 0) is 89.6 Å². The molecule has 0 saturated carbocycles. The number of carbonyl (C=O) groups excluding carboxylic acids is 1. The molecular formula is C32H48ClN5O2. The maximum absolute atomic E-state index is 13.8. The van der Waals surface area contributed by atoms with E-state index in [9.17, 15) is 4.79 Å². The lowest BCUT2D eigenvalue weighted by atomic mass is 9.95. The van der Waals surface area contributed by atoms with Crippen molar-refractivity contribution in [2.24, 2.45) is 10.7 Å². The molecule has 40 heavy (non-hydrogen) atoms. The van der Waals surface area contributed by atoms with Gasteiger partial charge < -0.3 is 25.2 Å². The molecule has 1 aromatic rings. The Kier molecular flexibility index (Phi) is 12.1. The Morgan fingerprint density at radius 1 is 1.20 bits per heavy atom. The minimum Gasteiger partial charge on any atom is -0.493 e. The molecule has 1 amide bonds. The number of hydrogen-bond donors (Lipinski definition) is 1. The van der Waals surface area contributed by atoms with Gasteiger partial charge in [0.25, 0.3) is 5.91 Å². The number of aliphatic imine (C=N–C) groups is 1. The van der Waals surface area contributed by atoms with Gasteiger partial charge in [-0.1, -0.05) is 23.8 Å². The monoisotopic (exact) mass is 569 g/mol. The molecule has 3 rings (SSSR count). The third-order valence-corrected chi connectivity index (χ3v) is 7.96. The van der Waals surface area contributed by atoms with Gasteiger partial charge in [-0.25, -0.2) is 0 Å². The van der Waals surface area contributed by atoms with Crippen molar-refractivity contribution >= 4 is 23.2 Å². The summed E-state index contributed by atoms with van der Waals surface area (Å²) in [5.41, 5.74) is 10.9. The van der Waals surface area contributed by atoms with Crippen LogP contribution in [0.2, 0.25) is 5.02 Å². The number of unbranched alkanes of at least 4 members (excludes halogenated alkanes) is 1. The number of nitrogens with two attached hydrogens (primary N) is 1. The molecule has 8 heteroatoms. The van der Waals surface area contributed by atoms with E-state index in [1.54, 1.807) is 19.2 Å². The number of halogens is 1. The molecule has 2 N–H and O–H groups in total. The van der Waals surface area contributed by atoms with Gasteiger partial charge in [-0.15, -0.1) is 0 Å². The fraction of sp³-hybridized carbons (Fsp3) is 0.562. The SMILES string of the molecule is C=C(/C=C(\C)N(C)CCCCOc1ccc(Cl)cc1C(=O)N1CCCCC1/C(C=C(C)C)=N/C)N1CC[C@H](N)C1. The van der Waals surface area contributed by atoms with Crippen LogP contribution >= 0.6 is 11.6 Å². The second-order valence-corrected chi connectivity index (χ2v) is 11.7. The first kappa shape index (κ1) is 31.8. The summed E-state index contributed by atoms with van der Waals surface area (Å²) >= 11 is 6.34. The average molecular weight is 570 g/mol. The molecule has 2 aliphatic heterocycles. The first-order valence-electron chi connectivity index (χ1n) is 14.5. The molecule has 7 nitrogen and oxygen atoms in total. The highest BCUT2D eigenvalue weighted by Crippen LogP contribution is 2.29. The zero-order chi connectivity index (χ0) is 29.2. The van der Waals surface area contributed by atoms with Crippen LogP contribution in [0.5, 0.6) is 5.75 Å². The largest absolute Gasteiger partial charge is 0.493 e. The van der Waals surface area contributed by atoms with E-state index in [0.717, 1.165) is 69.6 Å². The van der Waals surface area contributed by atoms with Gasteiger partial charge >= 0.3 is 0 Å². The maximum Gasteiger partial charge on any atom is 0.258 e. The molecular weight excluding hydrogens is 522 g/mol. The van der Waals surface area contributed by atoms with Crippen molar-refractivity contribution in [3.05, 3.63) is 64.5 Å². The topological polar surface area (TPSA) is 74.4 Å². The minimum absolute atomic E-state index is 0.0434. The molecule has 0 bridgehead atoms. The molecule has 0 aromatic heterocycles. The Morgan fingerprint density at radius 3 is 2.65 bits per heavy atom. The van der Waals surface area contributed by atoms with E-state index >= 15 is 0 Å². The molecule has 1 aromatic carbocycles. The van der Waals surface area contributed by atoms with Crippen LogP contribution in [0.3, 0.4) is 0 Å². The van der Waals surface area contributed by atoms with Crippen LogP contribution in [0.15, 0.2) is 58.9 Å². The molecule has 2 heterocycles. The zero-order valence-electron chi connectivity index (χ0n) is 25.1.